The third-order valence-electron chi connectivity index (χ3n) is 3.11. The van der Waals surface area contributed by atoms with E-state index in [-0.39, 0.29) is 6.61 Å². The Morgan fingerprint density at radius 1 is 0.833 bits per heavy atom. The average molecular weight is 277 g/mol. The van der Waals surface area contributed by atoms with E-state index >= 15 is 0 Å². The predicted octanol–water partition coefficient (Wildman–Crippen LogP) is 5.08. The number of ether oxygens (including phenoxy) is 1. The Bertz CT molecular complexity index is 183. The van der Waals surface area contributed by atoms with Crippen LogP contribution in [-0.2, 0) is 9.53 Å². The molecule has 18 heavy (non-hydrogen) atoms. The molecule has 3 heteroatoms. The maximum absolute atomic E-state index is 10.4. The highest BCUT2D eigenvalue weighted by Crippen LogP contribution is 2.11. The van der Waals surface area contributed by atoms with E-state index in [0.29, 0.717) is 6.61 Å². The molecule has 0 fully saturated rings. The lowest BCUT2D eigenvalue weighted by atomic mass is 10.1. The summed E-state index contributed by atoms with van der Waals surface area (Å²) in [5, 5.41) is -0.405. The number of unbranched alkanes of at least 4 members (excludes halogenated alkanes) is 10. The SMILES string of the molecule is CCCCCCCCCCCCCOCC(=O)Cl. The lowest BCUT2D eigenvalue weighted by Gasteiger charge is -2.03. The molecule has 0 aromatic heterocycles. The van der Waals surface area contributed by atoms with Crippen molar-refractivity contribution in [3.8, 4) is 0 Å². The highest BCUT2D eigenvalue weighted by molar-refractivity contribution is 6.63. The molecule has 0 heterocycles. The Labute approximate surface area is 117 Å². The molecule has 2 nitrogen and oxygen atoms in total. The van der Waals surface area contributed by atoms with E-state index in [9.17, 15) is 4.79 Å². The molecular formula is C15H29ClO2. The summed E-state index contributed by atoms with van der Waals surface area (Å²) >= 11 is 5.16. The molecule has 0 saturated heterocycles. The minimum absolute atomic E-state index is 0.0549. The zero-order valence-corrected chi connectivity index (χ0v) is 12.6. The molecular weight excluding hydrogens is 248 g/mol. The normalized spacial score (nSPS) is 10.8. The molecule has 0 atom stereocenters. The molecule has 0 aliphatic heterocycles. The largest absolute Gasteiger partial charge is 0.372 e. The maximum atomic E-state index is 10.4. The van der Waals surface area contributed by atoms with Gasteiger partial charge in [-0.2, -0.15) is 0 Å². The lowest BCUT2D eigenvalue weighted by molar-refractivity contribution is -0.115. The fourth-order valence-electron chi connectivity index (χ4n) is 2.02. The van der Waals surface area contributed by atoms with Gasteiger partial charge < -0.3 is 4.74 Å². The van der Waals surface area contributed by atoms with Gasteiger partial charge in [-0.3, -0.25) is 4.79 Å². The van der Waals surface area contributed by atoms with Crippen molar-refractivity contribution in [2.45, 2.75) is 77.6 Å². The standard InChI is InChI=1S/C15H29ClO2/c1-2-3-4-5-6-7-8-9-10-11-12-13-18-14-15(16)17/h2-14H2,1H3. The van der Waals surface area contributed by atoms with Gasteiger partial charge in [-0.15, -0.1) is 0 Å². The van der Waals surface area contributed by atoms with Crippen LogP contribution in [0.3, 0.4) is 0 Å². The van der Waals surface area contributed by atoms with E-state index in [4.69, 9.17) is 16.3 Å². The summed E-state index contributed by atoms with van der Waals surface area (Å²) in [5.41, 5.74) is 0. The van der Waals surface area contributed by atoms with Crippen molar-refractivity contribution in [3.05, 3.63) is 0 Å². The molecule has 108 valence electrons. The first-order valence-corrected chi connectivity index (χ1v) is 7.91. The van der Waals surface area contributed by atoms with E-state index in [0.717, 1.165) is 6.42 Å². The summed E-state index contributed by atoms with van der Waals surface area (Å²) in [7, 11) is 0. The smallest absolute Gasteiger partial charge is 0.247 e. The van der Waals surface area contributed by atoms with Crippen LogP contribution in [0.5, 0.6) is 0 Å². The molecule has 0 aromatic rings. The second-order valence-corrected chi connectivity index (χ2v) is 5.36. The van der Waals surface area contributed by atoms with Crippen LogP contribution in [0.1, 0.15) is 77.6 Å². The molecule has 0 unspecified atom stereocenters. The summed E-state index contributed by atoms with van der Waals surface area (Å²) in [5.74, 6) is 0. The molecule has 0 amide bonds. The van der Waals surface area contributed by atoms with Crippen molar-refractivity contribution < 1.29 is 9.53 Å². The van der Waals surface area contributed by atoms with Crippen molar-refractivity contribution in [2.75, 3.05) is 13.2 Å². The molecule has 0 aliphatic rings. The van der Waals surface area contributed by atoms with Crippen LogP contribution >= 0.6 is 11.6 Å². The number of rotatable bonds is 14. The molecule has 0 saturated carbocycles. The Hall–Kier alpha value is -0.0800. The third-order valence-corrected chi connectivity index (χ3v) is 3.22. The molecule has 0 bridgehead atoms. The van der Waals surface area contributed by atoms with Gasteiger partial charge in [0.2, 0.25) is 5.24 Å². The second kappa shape index (κ2) is 15.0. The highest BCUT2D eigenvalue weighted by atomic mass is 35.5. The van der Waals surface area contributed by atoms with E-state index < -0.39 is 5.24 Å². The Balaban J connectivity index is 2.92. The van der Waals surface area contributed by atoms with Crippen LogP contribution in [0, 0.1) is 0 Å². The van der Waals surface area contributed by atoms with Crippen LogP contribution in [0.4, 0.5) is 0 Å². The monoisotopic (exact) mass is 276 g/mol. The maximum Gasteiger partial charge on any atom is 0.247 e. The van der Waals surface area contributed by atoms with Gasteiger partial charge in [-0.05, 0) is 18.0 Å². The van der Waals surface area contributed by atoms with E-state index in [1.54, 1.807) is 0 Å². The molecule has 0 N–H and O–H groups in total. The van der Waals surface area contributed by atoms with Crippen molar-refractivity contribution in [3.63, 3.8) is 0 Å². The molecule has 0 spiro atoms. The van der Waals surface area contributed by atoms with Gasteiger partial charge in [0, 0.05) is 6.61 Å². The van der Waals surface area contributed by atoms with E-state index in [1.807, 2.05) is 0 Å². The zero-order valence-electron chi connectivity index (χ0n) is 11.9. The van der Waals surface area contributed by atoms with Crippen molar-refractivity contribution in [1.29, 1.82) is 0 Å². The number of hydrogen-bond donors (Lipinski definition) is 0. The van der Waals surface area contributed by atoms with Crippen molar-refractivity contribution in [1.82, 2.24) is 0 Å². The van der Waals surface area contributed by atoms with Crippen LogP contribution < -0.4 is 0 Å². The third kappa shape index (κ3) is 15.9. The van der Waals surface area contributed by atoms with Gasteiger partial charge >= 0.3 is 0 Å². The second-order valence-electron chi connectivity index (χ2n) is 4.94. The van der Waals surface area contributed by atoms with Gasteiger partial charge in [0.15, 0.2) is 0 Å². The number of halogens is 1. The van der Waals surface area contributed by atoms with Gasteiger partial charge in [0.25, 0.3) is 0 Å². The molecule has 0 aromatic carbocycles. The first-order chi connectivity index (χ1) is 8.77. The van der Waals surface area contributed by atoms with Gasteiger partial charge in [0.1, 0.15) is 6.61 Å². The Morgan fingerprint density at radius 2 is 1.28 bits per heavy atom. The molecule has 0 aliphatic carbocycles. The lowest BCUT2D eigenvalue weighted by Crippen LogP contribution is -2.02. The summed E-state index contributed by atoms with van der Waals surface area (Å²) in [6, 6.07) is 0. The fraction of sp³-hybridized carbons (Fsp3) is 0.933. The molecule has 0 rings (SSSR count). The van der Waals surface area contributed by atoms with Gasteiger partial charge in [-0.25, -0.2) is 0 Å². The number of carbonyl (C=O) groups excluding carboxylic acids is 1. The van der Waals surface area contributed by atoms with Crippen LogP contribution in [0.15, 0.2) is 0 Å². The van der Waals surface area contributed by atoms with Gasteiger partial charge in [-0.1, -0.05) is 71.1 Å². The summed E-state index contributed by atoms with van der Waals surface area (Å²) < 4.78 is 5.10. The Kier molecular flexibility index (Phi) is 14.9. The summed E-state index contributed by atoms with van der Waals surface area (Å²) in [4.78, 5) is 10.4. The van der Waals surface area contributed by atoms with Crippen LogP contribution in [0.2, 0.25) is 0 Å². The predicted molar refractivity (Wildman–Crippen MR) is 78.1 cm³/mol. The van der Waals surface area contributed by atoms with Gasteiger partial charge in [0.05, 0.1) is 0 Å². The highest BCUT2D eigenvalue weighted by Gasteiger charge is 1.96. The molecule has 0 radical (unpaired) electrons. The number of carbonyl (C=O) groups is 1. The van der Waals surface area contributed by atoms with Crippen molar-refractivity contribution in [2.24, 2.45) is 0 Å². The van der Waals surface area contributed by atoms with E-state index in [1.165, 1.54) is 64.2 Å². The average Bonchev–Trinajstić information content (AvgIpc) is 2.34. The summed E-state index contributed by atoms with van der Waals surface area (Å²) in [6.45, 7) is 2.97. The fourth-order valence-corrected chi connectivity index (χ4v) is 2.10. The van der Waals surface area contributed by atoms with Crippen LogP contribution in [-0.4, -0.2) is 18.5 Å². The first kappa shape index (κ1) is 17.9. The number of hydrogen-bond acceptors (Lipinski definition) is 2. The quantitative estimate of drug-likeness (QED) is 0.327. The minimum Gasteiger partial charge on any atom is -0.372 e. The van der Waals surface area contributed by atoms with Crippen molar-refractivity contribution >= 4 is 16.8 Å². The summed E-state index contributed by atoms with van der Waals surface area (Å²) in [6.07, 6.45) is 14.6. The minimum atomic E-state index is -0.405. The topological polar surface area (TPSA) is 26.3 Å². The zero-order chi connectivity index (χ0) is 13.5. The van der Waals surface area contributed by atoms with E-state index in [2.05, 4.69) is 6.92 Å². The van der Waals surface area contributed by atoms with Crippen LogP contribution in [0.25, 0.3) is 0 Å². The first-order valence-electron chi connectivity index (χ1n) is 7.53. The Morgan fingerprint density at radius 3 is 1.72 bits per heavy atom.